The Morgan fingerprint density at radius 3 is 2.50 bits per heavy atom. The molecule has 0 spiro atoms. The minimum absolute atomic E-state index is 0.283. The highest BCUT2D eigenvalue weighted by Gasteiger charge is 2.41. The number of ether oxygens (including phenoxy) is 1. The molecule has 1 aromatic rings. The zero-order valence-electron chi connectivity index (χ0n) is 12.1. The van der Waals surface area contributed by atoms with Crippen LogP contribution in [0.25, 0.3) is 0 Å². The number of halogens is 1. The van der Waals surface area contributed by atoms with Crippen molar-refractivity contribution in [1.29, 1.82) is 0 Å². The third kappa shape index (κ3) is 3.18. The third-order valence-electron chi connectivity index (χ3n) is 3.88. The molecule has 4 heteroatoms. The summed E-state index contributed by atoms with van der Waals surface area (Å²) in [6.45, 7) is 4.88. The summed E-state index contributed by atoms with van der Waals surface area (Å²) in [5, 5.41) is 3.37. The molecule has 0 radical (unpaired) electrons. The zero-order valence-corrected chi connectivity index (χ0v) is 12.1. The van der Waals surface area contributed by atoms with Crippen LogP contribution in [-0.2, 0) is 15.1 Å². The Balaban J connectivity index is 2.28. The molecule has 0 aliphatic heterocycles. The van der Waals surface area contributed by atoms with Crippen LogP contribution in [0.2, 0.25) is 0 Å². The second-order valence-corrected chi connectivity index (χ2v) is 5.31. The fourth-order valence-electron chi connectivity index (χ4n) is 2.39. The van der Waals surface area contributed by atoms with Gasteiger partial charge in [0.1, 0.15) is 11.4 Å². The van der Waals surface area contributed by atoms with Gasteiger partial charge in [0.05, 0.1) is 6.61 Å². The second-order valence-electron chi connectivity index (χ2n) is 5.31. The van der Waals surface area contributed by atoms with E-state index in [0.717, 1.165) is 12.1 Å². The van der Waals surface area contributed by atoms with E-state index < -0.39 is 5.54 Å². The number of hydrogen-bond donors (Lipinski definition) is 1. The molecule has 1 aromatic carbocycles. The van der Waals surface area contributed by atoms with Crippen LogP contribution < -0.4 is 5.32 Å². The summed E-state index contributed by atoms with van der Waals surface area (Å²) in [4.78, 5) is 12.4. The Kier molecular flexibility index (Phi) is 4.76. The van der Waals surface area contributed by atoms with Crippen LogP contribution in [0.15, 0.2) is 24.3 Å². The maximum Gasteiger partial charge on any atom is 0.330 e. The van der Waals surface area contributed by atoms with Gasteiger partial charge in [-0.15, -0.1) is 0 Å². The van der Waals surface area contributed by atoms with Crippen LogP contribution >= 0.6 is 0 Å². The van der Waals surface area contributed by atoms with E-state index in [1.807, 2.05) is 6.92 Å². The van der Waals surface area contributed by atoms with Gasteiger partial charge in [-0.25, -0.2) is 9.18 Å². The van der Waals surface area contributed by atoms with Crippen molar-refractivity contribution in [1.82, 2.24) is 5.32 Å². The van der Waals surface area contributed by atoms with E-state index >= 15 is 0 Å². The first-order chi connectivity index (χ1) is 9.62. The molecule has 0 amide bonds. The number of carbonyl (C=O) groups is 1. The Morgan fingerprint density at radius 2 is 2.00 bits per heavy atom. The van der Waals surface area contributed by atoms with Crippen LogP contribution in [-0.4, -0.2) is 19.1 Å². The van der Waals surface area contributed by atoms with Crippen molar-refractivity contribution in [3.05, 3.63) is 35.6 Å². The molecular weight excluding hydrogens is 257 g/mol. The smallest absolute Gasteiger partial charge is 0.330 e. The van der Waals surface area contributed by atoms with E-state index in [-0.39, 0.29) is 11.8 Å². The maximum atomic E-state index is 13.1. The predicted molar refractivity (Wildman–Crippen MR) is 75.7 cm³/mol. The van der Waals surface area contributed by atoms with Gasteiger partial charge in [0.2, 0.25) is 0 Å². The van der Waals surface area contributed by atoms with Crippen LogP contribution in [0.5, 0.6) is 0 Å². The van der Waals surface area contributed by atoms with E-state index in [9.17, 15) is 9.18 Å². The molecule has 1 aliphatic rings. The van der Waals surface area contributed by atoms with E-state index in [1.54, 1.807) is 19.1 Å². The number of hydrogen-bond acceptors (Lipinski definition) is 3. The average molecular weight is 279 g/mol. The topological polar surface area (TPSA) is 38.3 Å². The van der Waals surface area contributed by atoms with Crippen molar-refractivity contribution in [2.75, 3.05) is 13.2 Å². The maximum absolute atomic E-state index is 13.1. The summed E-state index contributed by atoms with van der Waals surface area (Å²) < 4.78 is 18.4. The van der Waals surface area contributed by atoms with Gasteiger partial charge >= 0.3 is 5.97 Å². The van der Waals surface area contributed by atoms with Crippen molar-refractivity contribution in [3.8, 4) is 0 Å². The normalized spacial score (nSPS) is 17.6. The molecule has 1 saturated carbocycles. The molecule has 110 valence electrons. The fourth-order valence-corrected chi connectivity index (χ4v) is 2.39. The fraction of sp³-hybridized carbons (Fsp3) is 0.562. The summed E-state index contributed by atoms with van der Waals surface area (Å²) in [5.74, 6) is 0.0652. The lowest BCUT2D eigenvalue weighted by Gasteiger charge is -2.32. The van der Waals surface area contributed by atoms with Crippen LogP contribution in [0.4, 0.5) is 4.39 Å². The molecule has 20 heavy (non-hydrogen) atoms. The van der Waals surface area contributed by atoms with Gasteiger partial charge in [-0.05, 0) is 56.3 Å². The van der Waals surface area contributed by atoms with Crippen LogP contribution in [0, 0.1) is 11.7 Å². The predicted octanol–water partition coefficient (Wildman–Crippen LogP) is 2.99. The largest absolute Gasteiger partial charge is 0.464 e. The lowest BCUT2D eigenvalue weighted by Crippen LogP contribution is -2.50. The zero-order chi connectivity index (χ0) is 14.6. The highest BCUT2D eigenvalue weighted by molar-refractivity contribution is 5.82. The molecule has 1 aliphatic carbocycles. The monoisotopic (exact) mass is 279 g/mol. The number of esters is 1. The number of nitrogens with one attached hydrogen (secondary N) is 1. The van der Waals surface area contributed by atoms with Gasteiger partial charge in [-0.1, -0.05) is 19.1 Å². The standard InChI is InChI=1S/C16H22FNO2/c1-3-16(15(19)20-4-2,18-11-12-5-6-12)13-7-9-14(17)10-8-13/h7-10,12,18H,3-6,11H2,1-2H3. The molecule has 0 aromatic heterocycles. The summed E-state index contributed by atoms with van der Waals surface area (Å²) in [5.41, 5.74) is -0.104. The molecule has 2 rings (SSSR count). The second kappa shape index (κ2) is 6.35. The Morgan fingerprint density at radius 1 is 1.35 bits per heavy atom. The van der Waals surface area contributed by atoms with Gasteiger partial charge in [0.25, 0.3) is 0 Å². The third-order valence-corrected chi connectivity index (χ3v) is 3.88. The van der Waals surface area contributed by atoms with Crippen LogP contribution in [0.1, 0.15) is 38.7 Å². The molecule has 3 nitrogen and oxygen atoms in total. The minimum Gasteiger partial charge on any atom is -0.464 e. The highest BCUT2D eigenvalue weighted by Crippen LogP contribution is 2.32. The van der Waals surface area contributed by atoms with Crippen LogP contribution in [0.3, 0.4) is 0 Å². The van der Waals surface area contributed by atoms with Gasteiger partial charge in [0.15, 0.2) is 0 Å². The summed E-state index contributed by atoms with van der Waals surface area (Å²) >= 11 is 0. The quantitative estimate of drug-likeness (QED) is 0.780. The number of rotatable bonds is 7. The van der Waals surface area contributed by atoms with E-state index in [0.29, 0.717) is 18.9 Å². The molecule has 1 N–H and O–H groups in total. The minimum atomic E-state index is -0.869. The molecule has 0 heterocycles. The first-order valence-corrected chi connectivity index (χ1v) is 7.30. The van der Waals surface area contributed by atoms with Gasteiger partial charge in [0, 0.05) is 0 Å². The van der Waals surface area contributed by atoms with Gasteiger partial charge in [-0.2, -0.15) is 0 Å². The Hall–Kier alpha value is -1.42. The van der Waals surface area contributed by atoms with Gasteiger partial charge in [-0.3, -0.25) is 5.32 Å². The summed E-state index contributed by atoms with van der Waals surface area (Å²) in [6, 6.07) is 6.10. The lowest BCUT2D eigenvalue weighted by molar-refractivity contribution is -0.152. The van der Waals surface area contributed by atoms with Crippen molar-refractivity contribution in [2.24, 2.45) is 5.92 Å². The lowest BCUT2D eigenvalue weighted by atomic mass is 9.87. The Bertz CT molecular complexity index is 456. The van der Waals surface area contributed by atoms with Crippen molar-refractivity contribution < 1.29 is 13.9 Å². The highest BCUT2D eigenvalue weighted by atomic mass is 19.1. The van der Waals surface area contributed by atoms with E-state index in [1.165, 1.54) is 25.0 Å². The van der Waals surface area contributed by atoms with Crippen molar-refractivity contribution in [2.45, 2.75) is 38.6 Å². The first-order valence-electron chi connectivity index (χ1n) is 7.30. The number of carbonyl (C=O) groups excluding carboxylic acids is 1. The SMILES string of the molecule is CCOC(=O)C(CC)(NCC1CC1)c1ccc(F)cc1. The molecule has 1 fully saturated rings. The van der Waals surface area contributed by atoms with E-state index in [2.05, 4.69) is 5.32 Å². The molecular formula is C16H22FNO2. The first kappa shape index (κ1) is 15.0. The van der Waals surface area contributed by atoms with E-state index in [4.69, 9.17) is 4.74 Å². The van der Waals surface area contributed by atoms with Gasteiger partial charge < -0.3 is 4.74 Å². The Labute approximate surface area is 119 Å². The molecule has 1 atom stereocenters. The molecule has 0 saturated heterocycles. The average Bonchev–Trinajstić information content (AvgIpc) is 3.26. The van der Waals surface area contributed by atoms with Crippen molar-refractivity contribution in [3.63, 3.8) is 0 Å². The van der Waals surface area contributed by atoms with Crippen molar-refractivity contribution >= 4 is 5.97 Å². The summed E-state index contributed by atoms with van der Waals surface area (Å²) in [6.07, 6.45) is 2.99. The summed E-state index contributed by atoms with van der Waals surface area (Å²) in [7, 11) is 0. The number of benzene rings is 1. The molecule has 1 unspecified atom stereocenters. The molecule has 0 bridgehead atoms.